The highest BCUT2D eigenvalue weighted by Crippen LogP contribution is 1.91. The van der Waals surface area contributed by atoms with Gasteiger partial charge in [0.25, 0.3) is 0 Å². The van der Waals surface area contributed by atoms with Crippen LogP contribution >= 0.6 is 0 Å². The van der Waals surface area contributed by atoms with Crippen LogP contribution in [0, 0.1) is 5.92 Å². The summed E-state index contributed by atoms with van der Waals surface area (Å²) < 4.78 is 0. The molecule has 1 atom stereocenters. The van der Waals surface area contributed by atoms with Crippen LogP contribution in [0.15, 0.2) is 4.99 Å². The highest BCUT2D eigenvalue weighted by molar-refractivity contribution is 5.77. The summed E-state index contributed by atoms with van der Waals surface area (Å²) in [7, 11) is 0. The maximum Gasteiger partial charge on any atom is 0.0905 e. The lowest BCUT2D eigenvalue weighted by Crippen LogP contribution is -2.11. The van der Waals surface area contributed by atoms with Gasteiger partial charge in [-0.1, -0.05) is 6.92 Å². The third-order valence-electron chi connectivity index (χ3n) is 0.964. The Morgan fingerprint density at radius 1 is 1.78 bits per heavy atom. The Balaban J connectivity index is 3.37. The summed E-state index contributed by atoms with van der Waals surface area (Å²) >= 11 is 0. The molecule has 0 rings (SSSR count). The van der Waals surface area contributed by atoms with Gasteiger partial charge in [-0.2, -0.15) is 0 Å². The SMILES string of the molecule is CC(N)=NCC(C)CO. The maximum absolute atomic E-state index is 8.54. The Hall–Kier alpha value is -0.570. The first-order valence-corrected chi connectivity index (χ1v) is 3.04. The Kier molecular flexibility index (Phi) is 4.05. The number of nitrogens with two attached hydrogens (primary N) is 1. The Labute approximate surface area is 55.6 Å². The van der Waals surface area contributed by atoms with Crippen LogP contribution in [-0.4, -0.2) is 24.1 Å². The van der Waals surface area contributed by atoms with Crippen molar-refractivity contribution in [3.8, 4) is 0 Å². The standard InChI is InChI=1S/C6H14N2O/c1-5(4-9)3-8-6(2)7/h5,9H,3-4H2,1-2H3,(H2,7,8). The van der Waals surface area contributed by atoms with Crippen LogP contribution in [0.5, 0.6) is 0 Å². The van der Waals surface area contributed by atoms with Gasteiger partial charge < -0.3 is 10.8 Å². The van der Waals surface area contributed by atoms with Gasteiger partial charge in [0.15, 0.2) is 0 Å². The molecule has 0 aliphatic rings. The Morgan fingerprint density at radius 3 is 2.67 bits per heavy atom. The fraction of sp³-hybridized carbons (Fsp3) is 0.833. The van der Waals surface area contributed by atoms with Crippen LogP contribution in [0.3, 0.4) is 0 Å². The average molecular weight is 130 g/mol. The van der Waals surface area contributed by atoms with Gasteiger partial charge in [-0.15, -0.1) is 0 Å². The second-order valence-electron chi connectivity index (χ2n) is 2.27. The molecule has 0 amide bonds. The van der Waals surface area contributed by atoms with E-state index in [-0.39, 0.29) is 12.5 Å². The topological polar surface area (TPSA) is 58.6 Å². The summed E-state index contributed by atoms with van der Waals surface area (Å²) in [5.74, 6) is 0.804. The summed E-state index contributed by atoms with van der Waals surface area (Å²) in [6.07, 6.45) is 0. The zero-order chi connectivity index (χ0) is 7.28. The highest BCUT2D eigenvalue weighted by Gasteiger charge is 1.95. The van der Waals surface area contributed by atoms with Crippen LogP contribution in [0.4, 0.5) is 0 Å². The maximum atomic E-state index is 8.54. The molecule has 0 bridgehead atoms. The van der Waals surface area contributed by atoms with Gasteiger partial charge in [-0.25, -0.2) is 0 Å². The lowest BCUT2D eigenvalue weighted by Gasteiger charge is -2.01. The summed E-state index contributed by atoms with van der Waals surface area (Å²) in [4.78, 5) is 3.93. The number of aliphatic hydroxyl groups is 1. The molecule has 0 radical (unpaired) electrons. The van der Waals surface area contributed by atoms with Crippen molar-refractivity contribution in [2.24, 2.45) is 16.6 Å². The van der Waals surface area contributed by atoms with E-state index >= 15 is 0 Å². The molecule has 3 heteroatoms. The van der Waals surface area contributed by atoms with Gasteiger partial charge in [-0.05, 0) is 12.8 Å². The highest BCUT2D eigenvalue weighted by atomic mass is 16.3. The van der Waals surface area contributed by atoms with Crippen molar-refractivity contribution in [1.29, 1.82) is 0 Å². The number of rotatable bonds is 3. The first kappa shape index (κ1) is 8.43. The molecule has 0 aromatic heterocycles. The molecular weight excluding hydrogens is 116 g/mol. The number of aliphatic hydroxyl groups excluding tert-OH is 1. The molecule has 54 valence electrons. The van der Waals surface area contributed by atoms with Crippen molar-refractivity contribution < 1.29 is 5.11 Å². The number of hydrogen-bond acceptors (Lipinski definition) is 2. The first-order valence-electron chi connectivity index (χ1n) is 3.04. The quantitative estimate of drug-likeness (QED) is 0.417. The van der Waals surface area contributed by atoms with E-state index in [9.17, 15) is 0 Å². The molecule has 0 aromatic carbocycles. The number of nitrogens with zero attached hydrogens (tertiary/aromatic N) is 1. The van der Waals surface area contributed by atoms with E-state index in [2.05, 4.69) is 4.99 Å². The third kappa shape index (κ3) is 5.30. The molecule has 0 heterocycles. The minimum atomic E-state index is 0.177. The Bertz CT molecular complexity index is 97.2. The van der Waals surface area contributed by atoms with E-state index in [4.69, 9.17) is 10.8 Å². The summed E-state index contributed by atoms with van der Waals surface area (Å²) in [5, 5.41) is 8.54. The number of hydrogen-bond donors (Lipinski definition) is 2. The summed E-state index contributed by atoms with van der Waals surface area (Å²) in [6.45, 7) is 4.46. The Morgan fingerprint density at radius 2 is 2.33 bits per heavy atom. The fourth-order valence-corrected chi connectivity index (χ4v) is 0.358. The normalized spacial score (nSPS) is 15.7. The van der Waals surface area contributed by atoms with Crippen molar-refractivity contribution in [3.63, 3.8) is 0 Å². The molecule has 3 N–H and O–H groups in total. The van der Waals surface area contributed by atoms with Gasteiger partial charge in [0.1, 0.15) is 0 Å². The lowest BCUT2D eigenvalue weighted by atomic mass is 10.2. The zero-order valence-corrected chi connectivity index (χ0v) is 5.96. The van der Waals surface area contributed by atoms with E-state index < -0.39 is 0 Å². The van der Waals surface area contributed by atoms with E-state index in [1.165, 1.54) is 0 Å². The molecule has 0 aromatic rings. The predicted molar refractivity (Wildman–Crippen MR) is 38.4 cm³/mol. The lowest BCUT2D eigenvalue weighted by molar-refractivity contribution is 0.242. The molecule has 3 nitrogen and oxygen atoms in total. The van der Waals surface area contributed by atoms with Gasteiger partial charge in [0.05, 0.1) is 5.84 Å². The average Bonchev–Trinajstić information content (AvgIpc) is 1.83. The van der Waals surface area contributed by atoms with Gasteiger partial charge >= 0.3 is 0 Å². The molecule has 1 unspecified atom stereocenters. The molecular formula is C6H14N2O. The van der Waals surface area contributed by atoms with Crippen molar-refractivity contribution in [3.05, 3.63) is 0 Å². The summed E-state index contributed by atoms with van der Waals surface area (Å²) in [6, 6.07) is 0. The van der Waals surface area contributed by atoms with E-state index in [0.29, 0.717) is 12.4 Å². The van der Waals surface area contributed by atoms with E-state index in [0.717, 1.165) is 0 Å². The van der Waals surface area contributed by atoms with Crippen molar-refractivity contribution in [1.82, 2.24) is 0 Å². The van der Waals surface area contributed by atoms with Crippen LogP contribution in [-0.2, 0) is 0 Å². The van der Waals surface area contributed by atoms with Crippen LogP contribution in [0.2, 0.25) is 0 Å². The van der Waals surface area contributed by atoms with Crippen LogP contribution in [0.1, 0.15) is 13.8 Å². The molecule has 0 fully saturated rings. The van der Waals surface area contributed by atoms with Crippen LogP contribution in [0.25, 0.3) is 0 Å². The second kappa shape index (κ2) is 4.32. The summed E-state index contributed by atoms with van der Waals surface area (Å²) in [5.41, 5.74) is 5.26. The molecule has 0 saturated heterocycles. The molecule has 0 spiro atoms. The first-order chi connectivity index (χ1) is 4.16. The smallest absolute Gasteiger partial charge is 0.0905 e. The minimum Gasteiger partial charge on any atom is -0.396 e. The second-order valence-corrected chi connectivity index (χ2v) is 2.27. The van der Waals surface area contributed by atoms with Gasteiger partial charge in [0.2, 0.25) is 0 Å². The minimum absolute atomic E-state index is 0.177. The number of amidine groups is 1. The van der Waals surface area contributed by atoms with Gasteiger partial charge in [0, 0.05) is 13.2 Å². The van der Waals surface area contributed by atoms with E-state index in [1.54, 1.807) is 6.92 Å². The third-order valence-corrected chi connectivity index (χ3v) is 0.964. The van der Waals surface area contributed by atoms with Crippen molar-refractivity contribution in [2.45, 2.75) is 13.8 Å². The van der Waals surface area contributed by atoms with E-state index in [1.807, 2.05) is 6.92 Å². The monoisotopic (exact) mass is 130 g/mol. The van der Waals surface area contributed by atoms with Crippen molar-refractivity contribution >= 4 is 5.84 Å². The van der Waals surface area contributed by atoms with Gasteiger partial charge in [-0.3, -0.25) is 4.99 Å². The number of aliphatic imine (C=N–C) groups is 1. The fourth-order valence-electron chi connectivity index (χ4n) is 0.358. The predicted octanol–water partition coefficient (Wildman–Crippen LogP) is -0.00810. The van der Waals surface area contributed by atoms with Crippen LogP contribution < -0.4 is 5.73 Å². The largest absolute Gasteiger partial charge is 0.396 e. The molecule has 0 saturated carbocycles. The molecule has 0 aliphatic heterocycles. The molecule has 9 heavy (non-hydrogen) atoms. The molecule has 0 aliphatic carbocycles. The van der Waals surface area contributed by atoms with Crippen molar-refractivity contribution in [2.75, 3.05) is 13.2 Å². The zero-order valence-electron chi connectivity index (χ0n) is 5.96.